The smallest absolute Gasteiger partial charge is 0.123 e. The molecule has 1 aliphatic heterocycles. The van der Waals surface area contributed by atoms with E-state index in [0.717, 1.165) is 24.3 Å². The molecule has 0 radical (unpaired) electrons. The number of pyridine rings is 1. The Morgan fingerprint density at radius 2 is 2.39 bits per heavy atom. The van der Waals surface area contributed by atoms with Crippen LogP contribution in [0.25, 0.3) is 11.3 Å². The molecule has 0 saturated carbocycles. The Morgan fingerprint density at radius 3 is 3.11 bits per heavy atom. The first kappa shape index (κ1) is 11.2. The van der Waals surface area contributed by atoms with Crippen LogP contribution >= 0.6 is 0 Å². The van der Waals surface area contributed by atoms with Crippen molar-refractivity contribution in [3.63, 3.8) is 0 Å². The van der Waals surface area contributed by atoms with Crippen LogP contribution in [-0.2, 0) is 4.74 Å². The van der Waals surface area contributed by atoms with E-state index in [1.807, 2.05) is 24.7 Å². The Morgan fingerprint density at radius 1 is 1.50 bits per heavy atom. The summed E-state index contributed by atoms with van der Waals surface area (Å²) in [7, 11) is 0. The molecule has 0 aromatic carbocycles. The van der Waals surface area contributed by atoms with E-state index >= 15 is 0 Å². The van der Waals surface area contributed by atoms with E-state index < -0.39 is 0 Å². The van der Waals surface area contributed by atoms with Crippen molar-refractivity contribution in [2.24, 2.45) is 0 Å². The minimum atomic E-state index is 0.220. The van der Waals surface area contributed by atoms with Gasteiger partial charge in [-0.05, 0) is 25.5 Å². The number of imidazole rings is 1. The van der Waals surface area contributed by atoms with Crippen LogP contribution in [0.1, 0.15) is 19.4 Å². The standard InChI is InChI=1S/C13H16N4O/c1-9-11(3-5-18-9)17-8-15-7-12(17)10-2-4-16-13(14)6-10/h2,4,6-9,11H,3,5H2,1H3,(H2,14,16). The van der Waals surface area contributed by atoms with Gasteiger partial charge >= 0.3 is 0 Å². The average molecular weight is 244 g/mol. The summed E-state index contributed by atoms with van der Waals surface area (Å²) in [6.45, 7) is 2.91. The van der Waals surface area contributed by atoms with Gasteiger partial charge in [-0.2, -0.15) is 0 Å². The van der Waals surface area contributed by atoms with E-state index in [1.165, 1.54) is 0 Å². The Balaban J connectivity index is 2.01. The number of nitrogen functional groups attached to an aromatic ring is 1. The second-order valence-electron chi connectivity index (χ2n) is 4.59. The lowest BCUT2D eigenvalue weighted by Gasteiger charge is -2.18. The summed E-state index contributed by atoms with van der Waals surface area (Å²) >= 11 is 0. The van der Waals surface area contributed by atoms with Crippen molar-refractivity contribution in [3.05, 3.63) is 30.9 Å². The number of nitrogens with zero attached hydrogens (tertiary/aromatic N) is 3. The average Bonchev–Trinajstić information content (AvgIpc) is 2.96. The second-order valence-corrected chi connectivity index (χ2v) is 4.59. The summed E-state index contributed by atoms with van der Waals surface area (Å²) in [6, 6.07) is 4.16. The highest BCUT2D eigenvalue weighted by Crippen LogP contribution is 2.31. The molecule has 3 rings (SSSR count). The molecule has 3 heterocycles. The van der Waals surface area contributed by atoms with Crippen LogP contribution in [0.5, 0.6) is 0 Å². The summed E-state index contributed by atoms with van der Waals surface area (Å²) in [6.07, 6.45) is 6.68. The predicted octanol–water partition coefficient (Wildman–Crippen LogP) is 1.88. The third-order valence-corrected chi connectivity index (χ3v) is 3.44. The van der Waals surface area contributed by atoms with Crippen LogP contribution in [0.3, 0.4) is 0 Å². The third-order valence-electron chi connectivity index (χ3n) is 3.44. The minimum absolute atomic E-state index is 0.220. The van der Waals surface area contributed by atoms with E-state index in [0.29, 0.717) is 11.9 Å². The molecule has 1 aliphatic rings. The van der Waals surface area contributed by atoms with Crippen LogP contribution in [0, 0.1) is 0 Å². The zero-order chi connectivity index (χ0) is 12.5. The maximum absolute atomic E-state index is 5.73. The predicted molar refractivity (Wildman–Crippen MR) is 68.9 cm³/mol. The summed E-state index contributed by atoms with van der Waals surface area (Å²) in [5.74, 6) is 0.524. The Kier molecular flexibility index (Phi) is 2.76. The summed E-state index contributed by atoms with van der Waals surface area (Å²) in [5, 5.41) is 0. The molecule has 2 atom stereocenters. The lowest BCUT2D eigenvalue weighted by Crippen LogP contribution is -2.16. The Bertz CT molecular complexity index is 551. The molecule has 2 unspecified atom stereocenters. The molecule has 2 aromatic rings. The molecule has 0 spiro atoms. The molecule has 5 heteroatoms. The Hall–Kier alpha value is -1.88. The number of rotatable bonds is 2. The van der Waals surface area contributed by atoms with Gasteiger partial charge in [-0.1, -0.05) is 0 Å². The zero-order valence-electron chi connectivity index (χ0n) is 10.3. The lowest BCUT2D eigenvalue weighted by molar-refractivity contribution is 0.108. The molecular formula is C13H16N4O. The quantitative estimate of drug-likeness (QED) is 0.876. The maximum Gasteiger partial charge on any atom is 0.123 e. The fourth-order valence-electron chi connectivity index (χ4n) is 2.49. The van der Waals surface area contributed by atoms with Gasteiger partial charge in [0.2, 0.25) is 0 Å². The largest absolute Gasteiger partial charge is 0.384 e. The second kappa shape index (κ2) is 4.42. The lowest BCUT2D eigenvalue weighted by atomic mass is 10.1. The molecule has 1 fully saturated rings. The molecule has 0 bridgehead atoms. The van der Waals surface area contributed by atoms with E-state index in [2.05, 4.69) is 21.5 Å². The molecule has 0 aliphatic carbocycles. The normalized spacial score (nSPS) is 23.4. The highest BCUT2D eigenvalue weighted by atomic mass is 16.5. The Labute approximate surface area is 106 Å². The van der Waals surface area contributed by atoms with E-state index in [9.17, 15) is 0 Å². The van der Waals surface area contributed by atoms with Crippen molar-refractivity contribution in [1.82, 2.24) is 14.5 Å². The number of ether oxygens (including phenoxy) is 1. The topological polar surface area (TPSA) is 66.0 Å². The number of hydrogen-bond donors (Lipinski definition) is 1. The molecule has 94 valence electrons. The van der Waals surface area contributed by atoms with Crippen molar-refractivity contribution in [2.75, 3.05) is 12.3 Å². The molecule has 2 N–H and O–H groups in total. The molecule has 2 aromatic heterocycles. The van der Waals surface area contributed by atoms with Gasteiger partial charge in [0.15, 0.2) is 0 Å². The van der Waals surface area contributed by atoms with Crippen LogP contribution in [0.2, 0.25) is 0 Å². The fraction of sp³-hybridized carbons (Fsp3) is 0.385. The van der Waals surface area contributed by atoms with E-state index in [4.69, 9.17) is 10.5 Å². The van der Waals surface area contributed by atoms with Crippen molar-refractivity contribution in [1.29, 1.82) is 0 Å². The van der Waals surface area contributed by atoms with Gasteiger partial charge in [0.05, 0.1) is 30.4 Å². The number of aromatic nitrogens is 3. The van der Waals surface area contributed by atoms with Crippen molar-refractivity contribution in [3.8, 4) is 11.3 Å². The molecule has 5 nitrogen and oxygen atoms in total. The van der Waals surface area contributed by atoms with Crippen LogP contribution in [0.4, 0.5) is 5.82 Å². The fourth-order valence-corrected chi connectivity index (χ4v) is 2.49. The maximum atomic E-state index is 5.73. The van der Waals surface area contributed by atoms with Gasteiger partial charge in [0, 0.05) is 18.4 Å². The highest BCUT2D eigenvalue weighted by Gasteiger charge is 2.27. The molecular weight excluding hydrogens is 228 g/mol. The summed E-state index contributed by atoms with van der Waals surface area (Å²) < 4.78 is 7.79. The van der Waals surface area contributed by atoms with Gasteiger partial charge in [0.25, 0.3) is 0 Å². The summed E-state index contributed by atoms with van der Waals surface area (Å²) in [4.78, 5) is 8.27. The molecule has 0 amide bonds. The van der Waals surface area contributed by atoms with Crippen LogP contribution in [0.15, 0.2) is 30.9 Å². The zero-order valence-corrected chi connectivity index (χ0v) is 10.3. The first-order valence-electron chi connectivity index (χ1n) is 6.11. The highest BCUT2D eigenvalue weighted by molar-refractivity contribution is 5.61. The number of hydrogen-bond acceptors (Lipinski definition) is 4. The van der Waals surface area contributed by atoms with Crippen molar-refractivity contribution < 1.29 is 4.74 Å². The number of nitrogens with two attached hydrogens (primary N) is 1. The third kappa shape index (κ3) is 1.86. The van der Waals surface area contributed by atoms with Crippen LogP contribution < -0.4 is 5.73 Å². The summed E-state index contributed by atoms with van der Waals surface area (Å²) in [5.41, 5.74) is 7.83. The SMILES string of the molecule is CC1OCCC1n1cncc1-c1ccnc(N)c1. The molecule has 1 saturated heterocycles. The first-order chi connectivity index (χ1) is 8.75. The van der Waals surface area contributed by atoms with Gasteiger partial charge in [-0.3, -0.25) is 0 Å². The monoisotopic (exact) mass is 244 g/mol. The molecule has 18 heavy (non-hydrogen) atoms. The first-order valence-corrected chi connectivity index (χ1v) is 6.11. The van der Waals surface area contributed by atoms with E-state index in [-0.39, 0.29) is 6.10 Å². The minimum Gasteiger partial charge on any atom is -0.384 e. The van der Waals surface area contributed by atoms with Crippen molar-refractivity contribution >= 4 is 5.82 Å². The van der Waals surface area contributed by atoms with E-state index in [1.54, 1.807) is 6.20 Å². The van der Waals surface area contributed by atoms with Gasteiger partial charge in [-0.15, -0.1) is 0 Å². The van der Waals surface area contributed by atoms with Crippen molar-refractivity contribution in [2.45, 2.75) is 25.5 Å². The van der Waals surface area contributed by atoms with Gasteiger partial charge in [-0.25, -0.2) is 9.97 Å². The van der Waals surface area contributed by atoms with Crippen LogP contribution in [-0.4, -0.2) is 27.2 Å². The number of anilines is 1. The van der Waals surface area contributed by atoms with Gasteiger partial charge < -0.3 is 15.0 Å². The van der Waals surface area contributed by atoms with Gasteiger partial charge in [0.1, 0.15) is 5.82 Å².